The molecule has 2 rings (SSSR count). The van der Waals surface area contributed by atoms with E-state index in [0.717, 1.165) is 30.8 Å². The van der Waals surface area contributed by atoms with E-state index in [9.17, 15) is 9.59 Å². The Balaban J connectivity index is 1.77. The van der Waals surface area contributed by atoms with E-state index in [4.69, 9.17) is 0 Å². The number of methoxy groups -OCH3 is 1. The van der Waals surface area contributed by atoms with Gasteiger partial charge >= 0.3 is 5.97 Å². The van der Waals surface area contributed by atoms with Crippen LogP contribution in [0.1, 0.15) is 31.7 Å². The Morgan fingerprint density at radius 2 is 2.04 bits per heavy atom. The molecule has 5 heteroatoms. The molecule has 0 spiro atoms. The molecule has 1 heterocycles. The largest absolute Gasteiger partial charge is 0.469 e. The first-order chi connectivity index (χ1) is 11.1. The van der Waals surface area contributed by atoms with E-state index in [0.29, 0.717) is 25.3 Å². The summed E-state index contributed by atoms with van der Waals surface area (Å²) in [6, 6.07) is 7.83. The molecular formula is C18H26N2O3. The third kappa shape index (κ3) is 5.58. The van der Waals surface area contributed by atoms with Crippen LogP contribution in [0.5, 0.6) is 0 Å². The average Bonchev–Trinajstić information content (AvgIpc) is 2.58. The maximum Gasteiger partial charge on any atom is 0.305 e. The van der Waals surface area contributed by atoms with Crippen LogP contribution < -0.4 is 5.32 Å². The first-order valence-electron chi connectivity index (χ1n) is 8.26. The van der Waals surface area contributed by atoms with Crippen LogP contribution in [0, 0.1) is 5.92 Å². The van der Waals surface area contributed by atoms with Gasteiger partial charge in [-0.3, -0.25) is 9.59 Å². The third-order valence-electron chi connectivity index (χ3n) is 4.25. The van der Waals surface area contributed by atoms with Gasteiger partial charge in [0.2, 0.25) is 5.91 Å². The lowest BCUT2D eigenvalue weighted by Crippen LogP contribution is -2.41. The molecule has 0 unspecified atom stereocenters. The number of likely N-dealkylation sites (tertiary alicyclic amines) is 1. The summed E-state index contributed by atoms with van der Waals surface area (Å²) < 4.78 is 4.63. The fraction of sp³-hybridized carbons (Fsp3) is 0.556. The molecule has 1 atom stereocenters. The highest BCUT2D eigenvalue weighted by atomic mass is 16.5. The number of nitrogens with one attached hydrogen (secondary N) is 1. The van der Waals surface area contributed by atoms with Gasteiger partial charge in [-0.15, -0.1) is 0 Å². The van der Waals surface area contributed by atoms with E-state index in [-0.39, 0.29) is 11.9 Å². The minimum Gasteiger partial charge on any atom is -0.469 e. The minimum atomic E-state index is -0.200. The van der Waals surface area contributed by atoms with Crippen LogP contribution >= 0.6 is 0 Å². The van der Waals surface area contributed by atoms with Crippen LogP contribution in [0.15, 0.2) is 24.3 Å². The minimum absolute atomic E-state index is 0.159. The zero-order valence-electron chi connectivity index (χ0n) is 14.0. The standard InChI is InChI=1S/C18H26N2O3/c1-14-4-3-11-20(13-14)17(21)12-19-16-8-5-15(6-9-16)7-10-18(22)23-2/h5-6,8-9,14,19H,3-4,7,10-13H2,1-2H3/t14-/m1/s1. The number of piperidine rings is 1. The number of hydrogen-bond acceptors (Lipinski definition) is 4. The Kier molecular flexibility index (Phi) is 6.44. The Bertz CT molecular complexity index is 528. The number of aryl methyl sites for hydroxylation is 1. The molecule has 1 aliphatic rings. The van der Waals surface area contributed by atoms with Gasteiger partial charge in [-0.1, -0.05) is 19.1 Å². The maximum atomic E-state index is 12.2. The molecule has 1 aliphatic heterocycles. The molecule has 0 radical (unpaired) electrons. The molecule has 1 aromatic rings. The number of carbonyl (C=O) groups excluding carboxylic acids is 2. The van der Waals surface area contributed by atoms with Crippen LogP contribution in [0.2, 0.25) is 0 Å². The molecule has 1 fully saturated rings. The van der Waals surface area contributed by atoms with E-state index in [2.05, 4.69) is 17.0 Å². The van der Waals surface area contributed by atoms with Gasteiger partial charge in [0.1, 0.15) is 0 Å². The number of anilines is 1. The lowest BCUT2D eigenvalue weighted by Gasteiger charge is -2.31. The van der Waals surface area contributed by atoms with Crippen molar-refractivity contribution in [2.45, 2.75) is 32.6 Å². The van der Waals surface area contributed by atoms with Gasteiger partial charge < -0.3 is 15.0 Å². The number of rotatable bonds is 6. The second-order valence-electron chi connectivity index (χ2n) is 6.21. The highest BCUT2D eigenvalue weighted by Gasteiger charge is 2.20. The molecule has 1 amide bonds. The van der Waals surface area contributed by atoms with Gasteiger partial charge in [0.05, 0.1) is 13.7 Å². The molecule has 126 valence electrons. The van der Waals surface area contributed by atoms with Gasteiger partial charge in [0.25, 0.3) is 0 Å². The van der Waals surface area contributed by atoms with Crippen molar-refractivity contribution in [1.29, 1.82) is 0 Å². The summed E-state index contributed by atoms with van der Waals surface area (Å²) in [6.07, 6.45) is 3.36. The topological polar surface area (TPSA) is 58.6 Å². The fourth-order valence-electron chi connectivity index (χ4n) is 2.84. The summed E-state index contributed by atoms with van der Waals surface area (Å²) in [6.45, 7) is 4.26. The second kappa shape index (κ2) is 8.56. The van der Waals surface area contributed by atoms with Crippen molar-refractivity contribution >= 4 is 17.6 Å². The molecule has 0 aromatic heterocycles. The predicted molar refractivity (Wildman–Crippen MR) is 90.2 cm³/mol. The molecule has 0 bridgehead atoms. The van der Waals surface area contributed by atoms with Crippen molar-refractivity contribution in [3.8, 4) is 0 Å². The number of ether oxygens (including phenoxy) is 1. The predicted octanol–water partition coefficient (Wildman–Crippen LogP) is 2.46. The van der Waals surface area contributed by atoms with Crippen LogP contribution in [0.25, 0.3) is 0 Å². The van der Waals surface area contributed by atoms with Gasteiger partial charge in [0, 0.05) is 25.2 Å². The van der Waals surface area contributed by atoms with Crippen LogP contribution in [-0.4, -0.2) is 43.5 Å². The van der Waals surface area contributed by atoms with E-state index in [1.165, 1.54) is 13.5 Å². The summed E-state index contributed by atoms with van der Waals surface area (Å²) in [4.78, 5) is 25.3. The third-order valence-corrected chi connectivity index (χ3v) is 4.25. The molecule has 1 saturated heterocycles. The van der Waals surface area contributed by atoms with E-state index in [1.54, 1.807) is 0 Å². The van der Waals surface area contributed by atoms with E-state index >= 15 is 0 Å². The normalized spacial score (nSPS) is 17.7. The number of nitrogens with zero attached hydrogens (tertiary/aromatic N) is 1. The molecule has 0 aliphatic carbocycles. The quantitative estimate of drug-likeness (QED) is 0.819. The van der Waals surface area contributed by atoms with Crippen molar-refractivity contribution in [2.24, 2.45) is 5.92 Å². The fourth-order valence-corrected chi connectivity index (χ4v) is 2.84. The summed E-state index contributed by atoms with van der Waals surface area (Å²) in [5.74, 6) is 0.557. The van der Waals surface area contributed by atoms with Crippen LogP contribution in [0.4, 0.5) is 5.69 Å². The lowest BCUT2D eigenvalue weighted by molar-refractivity contribution is -0.140. The molecule has 1 N–H and O–H groups in total. The highest BCUT2D eigenvalue weighted by Crippen LogP contribution is 2.16. The molecule has 0 saturated carbocycles. The van der Waals surface area contributed by atoms with Crippen molar-refractivity contribution in [3.05, 3.63) is 29.8 Å². The van der Waals surface area contributed by atoms with Crippen LogP contribution in [0.3, 0.4) is 0 Å². The summed E-state index contributed by atoms with van der Waals surface area (Å²) in [5, 5.41) is 3.18. The van der Waals surface area contributed by atoms with Gasteiger partial charge in [-0.2, -0.15) is 0 Å². The SMILES string of the molecule is COC(=O)CCc1ccc(NCC(=O)N2CCC[C@@H](C)C2)cc1. The van der Waals surface area contributed by atoms with Crippen LogP contribution in [-0.2, 0) is 20.7 Å². The second-order valence-corrected chi connectivity index (χ2v) is 6.21. The van der Waals surface area contributed by atoms with E-state index in [1.807, 2.05) is 29.2 Å². The van der Waals surface area contributed by atoms with Crippen molar-refractivity contribution in [1.82, 2.24) is 4.90 Å². The first kappa shape index (κ1) is 17.3. The van der Waals surface area contributed by atoms with Crippen molar-refractivity contribution in [3.63, 3.8) is 0 Å². The van der Waals surface area contributed by atoms with Crippen molar-refractivity contribution < 1.29 is 14.3 Å². The Morgan fingerprint density at radius 3 is 2.70 bits per heavy atom. The average molecular weight is 318 g/mol. The zero-order valence-corrected chi connectivity index (χ0v) is 14.0. The van der Waals surface area contributed by atoms with E-state index < -0.39 is 0 Å². The Morgan fingerprint density at radius 1 is 1.30 bits per heavy atom. The van der Waals surface area contributed by atoms with Gasteiger partial charge in [0.15, 0.2) is 0 Å². The van der Waals surface area contributed by atoms with Gasteiger partial charge in [-0.05, 0) is 42.9 Å². The molecular weight excluding hydrogens is 292 g/mol. The number of benzene rings is 1. The smallest absolute Gasteiger partial charge is 0.305 e. The number of esters is 1. The molecule has 23 heavy (non-hydrogen) atoms. The summed E-state index contributed by atoms with van der Waals surface area (Å²) >= 11 is 0. The molecule has 5 nitrogen and oxygen atoms in total. The summed E-state index contributed by atoms with van der Waals surface area (Å²) in [7, 11) is 1.40. The molecule has 1 aromatic carbocycles. The van der Waals surface area contributed by atoms with Crippen molar-refractivity contribution in [2.75, 3.05) is 32.1 Å². The Labute approximate surface area is 138 Å². The Hall–Kier alpha value is -2.04. The lowest BCUT2D eigenvalue weighted by atomic mass is 10.0. The maximum absolute atomic E-state index is 12.2. The number of hydrogen-bond donors (Lipinski definition) is 1. The number of carbonyl (C=O) groups is 2. The highest BCUT2D eigenvalue weighted by molar-refractivity contribution is 5.81. The first-order valence-corrected chi connectivity index (χ1v) is 8.26. The number of amides is 1. The summed E-state index contributed by atoms with van der Waals surface area (Å²) in [5.41, 5.74) is 2.00. The monoisotopic (exact) mass is 318 g/mol. The van der Waals surface area contributed by atoms with Gasteiger partial charge in [-0.25, -0.2) is 0 Å². The zero-order chi connectivity index (χ0) is 16.7.